The Bertz CT molecular complexity index is 998. The summed E-state index contributed by atoms with van der Waals surface area (Å²) in [7, 11) is 0. The van der Waals surface area contributed by atoms with Crippen molar-refractivity contribution in [2.75, 3.05) is 13.1 Å². The lowest BCUT2D eigenvalue weighted by atomic mass is 9.73. The highest BCUT2D eigenvalue weighted by Crippen LogP contribution is 2.42. The molecule has 2 aromatic heterocycles. The number of rotatable bonds is 6. The van der Waals surface area contributed by atoms with Crippen LogP contribution in [0.15, 0.2) is 41.4 Å². The first-order valence-electron chi connectivity index (χ1n) is 11.9. The number of carbonyl (C=O) groups is 3. The third-order valence-corrected chi connectivity index (χ3v) is 8.30. The second-order valence-corrected chi connectivity index (χ2v) is 10.3. The zero-order valence-corrected chi connectivity index (χ0v) is 19.6. The number of pyridine rings is 1. The molecular weight excluding hydrogens is 436 g/mol. The quantitative estimate of drug-likeness (QED) is 0.655. The van der Waals surface area contributed by atoms with Crippen LogP contribution in [0.5, 0.6) is 0 Å². The van der Waals surface area contributed by atoms with Gasteiger partial charge in [0.25, 0.3) is 5.91 Å². The van der Waals surface area contributed by atoms with Crippen molar-refractivity contribution in [3.63, 3.8) is 0 Å². The molecule has 1 aliphatic carbocycles. The van der Waals surface area contributed by atoms with Crippen molar-refractivity contribution in [3.8, 4) is 0 Å². The first-order chi connectivity index (χ1) is 16.1. The highest BCUT2D eigenvalue weighted by Gasteiger charge is 2.57. The highest BCUT2D eigenvalue weighted by molar-refractivity contribution is 7.07. The summed E-state index contributed by atoms with van der Waals surface area (Å²) in [5, 5.41) is 6.97. The number of nitrogens with one attached hydrogen (secondary N) is 1. The Labute approximate surface area is 198 Å². The zero-order chi connectivity index (χ0) is 22.8. The molecule has 5 rings (SSSR count). The highest BCUT2D eigenvalue weighted by atomic mass is 32.1. The van der Waals surface area contributed by atoms with Crippen molar-refractivity contribution >= 4 is 29.2 Å². The van der Waals surface area contributed by atoms with Crippen molar-refractivity contribution in [3.05, 3.63) is 52.5 Å². The van der Waals surface area contributed by atoms with Crippen LogP contribution in [0.3, 0.4) is 0 Å². The van der Waals surface area contributed by atoms with Crippen LogP contribution in [0, 0.1) is 11.8 Å². The van der Waals surface area contributed by atoms with Gasteiger partial charge < -0.3 is 10.2 Å². The summed E-state index contributed by atoms with van der Waals surface area (Å²) in [6.07, 6.45) is 10.1. The van der Waals surface area contributed by atoms with Gasteiger partial charge in [0.2, 0.25) is 5.91 Å². The molecule has 1 saturated carbocycles. The van der Waals surface area contributed by atoms with Crippen LogP contribution in [0.25, 0.3) is 0 Å². The Morgan fingerprint density at radius 3 is 2.61 bits per heavy atom. The monoisotopic (exact) mass is 466 g/mol. The van der Waals surface area contributed by atoms with Gasteiger partial charge >= 0.3 is 6.03 Å². The number of carbonyl (C=O) groups excluding carboxylic acids is 3. The van der Waals surface area contributed by atoms with Crippen molar-refractivity contribution in [1.82, 2.24) is 20.1 Å². The smallest absolute Gasteiger partial charge is 0.325 e. The molecule has 7 nitrogen and oxygen atoms in total. The minimum Gasteiger partial charge on any atom is -0.343 e. The third kappa shape index (κ3) is 4.16. The molecule has 0 spiro atoms. The molecule has 4 heterocycles. The van der Waals surface area contributed by atoms with Crippen LogP contribution >= 0.6 is 11.3 Å². The Hall–Kier alpha value is -2.74. The predicted octanol–water partition coefficient (Wildman–Crippen LogP) is 3.91. The van der Waals surface area contributed by atoms with Gasteiger partial charge in [-0.1, -0.05) is 18.9 Å². The van der Waals surface area contributed by atoms with Crippen LogP contribution in [0.1, 0.15) is 56.1 Å². The van der Waals surface area contributed by atoms with Crippen LogP contribution in [-0.4, -0.2) is 45.7 Å². The second kappa shape index (κ2) is 9.25. The predicted molar refractivity (Wildman–Crippen MR) is 125 cm³/mol. The average molecular weight is 467 g/mol. The number of thiophene rings is 1. The maximum absolute atomic E-state index is 13.8. The molecule has 8 heteroatoms. The Morgan fingerprint density at radius 2 is 1.94 bits per heavy atom. The number of aromatic nitrogens is 1. The zero-order valence-electron chi connectivity index (χ0n) is 18.7. The summed E-state index contributed by atoms with van der Waals surface area (Å²) in [6, 6.07) is 5.24. The normalized spacial score (nSPS) is 24.5. The summed E-state index contributed by atoms with van der Waals surface area (Å²) in [4.78, 5) is 47.2. The molecule has 174 valence electrons. The van der Waals surface area contributed by atoms with Gasteiger partial charge in [0, 0.05) is 37.5 Å². The minimum absolute atomic E-state index is 0.0962. The summed E-state index contributed by atoms with van der Waals surface area (Å²) < 4.78 is 0. The number of imide groups is 1. The fourth-order valence-electron chi connectivity index (χ4n) is 5.76. The second-order valence-electron chi connectivity index (χ2n) is 9.51. The molecular formula is C25H30N4O3S. The Morgan fingerprint density at radius 1 is 1.15 bits per heavy atom. The van der Waals surface area contributed by atoms with Gasteiger partial charge in [-0.15, -0.1) is 0 Å². The van der Waals surface area contributed by atoms with Gasteiger partial charge in [-0.3, -0.25) is 19.5 Å². The SMILES string of the molecule is O=C(CC1CCCC1)N1CCC([C@]2(c3cccnc3)NC(=O)N(Cc3ccsc3)C2=O)CC1. The van der Waals surface area contributed by atoms with Gasteiger partial charge in [0.1, 0.15) is 0 Å². The van der Waals surface area contributed by atoms with Crippen molar-refractivity contribution in [2.45, 2.75) is 57.0 Å². The molecule has 2 aliphatic heterocycles. The standard InChI is InChI=1S/C25H30N4O3S/c30-22(14-18-4-1-2-5-18)28-11-7-20(8-12-28)25(21-6-3-10-26-15-21)23(31)29(24(32)27-25)16-19-9-13-33-17-19/h3,6,9-10,13,15,17-18,20H,1-2,4-5,7-8,11-12,14,16H2,(H,27,32)/t25-/m1/s1. The Kier molecular flexibility index (Phi) is 6.19. The van der Waals surface area contributed by atoms with Crippen molar-refractivity contribution in [2.24, 2.45) is 11.8 Å². The van der Waals surface area contributed by atoms with Gasteiger partial charge in [-0.05, 0) is 66.0 Å². The van der Waals surface area contributed by atoms with E-state index in [9.17, 15) is 14.4 Å². The van der Waals surface area contributed by atoms with Crippen molar-refractivity contribution in [1.29, 1.82) is 0 Å². The van der Waals surface area contributed by atoms with E-state index >= 15 is 0 Å². The van der Waals surface area contributed by atoms with Gasteiger partial charge in [-0.25, -0.2) is 4.79 Å². The molecule has 2 aromatic rings. The molecule has 0 radical (unpaired) electrons. The van der Waals surface area contributed by atoms with E-state index in [4.69, 9.17) is 0 Å². The number of piperidine rings is 1. The lowest BCUT2D eigenvalue weighted by Gasteiger charge is -2.41. The first-order valence-corrected chi connectivity index (χ1v) is 12.9. The summed E-state index contributed by atoms with van der Waals surface area (Å²) in [5.74, 6) is 0.443. The van der Waals surface area contributed by atoms with Crippen molar-refractivity contribution < 1.29 is 14.4 Å². The molecule has 4 amide bonds. The number of hydrogen-bond acceptors (Lipinski definition) is 5. The molecule has 1 atom stereocenters. The van der Waals surface area contributed by atoms with Crippen LogP contribution in [-0.2, 0) is 21.7 Å². The summed E-state index contributed by atoms with van der Waals surface area (Å²) in [5.41, 5.74) is 0.520. The van der Waals surface area contributed by atoms with Gasteiger partial charge in [0.05, 0.1) is 6.54 Å². The Balaban J connectivity index is 1.35. The molecule has 0 aromatic carbocycles. The molecule has 1 N–H and O–H groups in total. The maximum atomic E-state index is 13.8. The van der Waals surface area contributed by atoms with Crippen LogP contribution < -0.4 is 5.32 Å². The largest absolute Gasteiger partial charge is 0.343 e. The topological polar surface area (TPSA) is 82.6 Å². The van der Waals surface area contributed by atoms with E-state index in [1.165, 1.54) is 17.7 Å². The van der Waals surface area contributed by atoms with E-state index in [-0.39, 0.29) is 30.3 Å². The van der Waals surface area contributed by atoms with Gasteiger partial charge in [-0.2, -0.15) is 11.3 Å². The number of likely N-dealkylation sites (tertiary alicyclic amines) is 1. The summed E-state index contributed by atoms with van der Waals surface area (Å²) >= 11 is 1.55. The third-order valence-electron chi connectivity index (χ3n) is 7.57. The van der Waals surface area contributed by atoms with E-state index < -0.39 is 5.54 Å². The first kappa shape index (κ1) is 22.1. The minimum atomic E-state index is -1.14. The molecule has 0 bridgehead atoms. The molecule has 3 aliphatic rings. The average Bonchev–Trinajstić information content (AvgIpc) is 3.59. The fourth-order valence-corrected chi connectivity index (χ4v) is 6.42. The lowest BCUT2D eigenvalue weighted by Crippen LogP contribution is -2.54. The van der Waals surface area contributed by atoms with Crippen LogP contribution in [0.4, 0.5) is 4.79 Å². The molecule has 0 unspecified atom stereocenters. The van der Waals surface area contributed by atoms with E-state index in [0.29, 0.717) is 43.8 Å². The van der Waals surface area contributed by atoms with Crippen LogP contribution in [0.2, 0.25) is 0 Å². The van der Waals surface area contributed by atoms with E-state index in [2.05, 4.69) is 10.3 Å². The summed E-state index contributed by atoms with van der Waals surface area (Å²) in [6.45, 7) is 1.49. The van der Waals surface area contributed by atoms with E-state index in [1.807, 2.05) is 27.8 Å². The maximum Gasteiger partial charge on any atom is 0.325 e. The molecule has 2 saturated heterocycles. The molecule has 33 heavy (non-hydrogen) atoms. The number of hydrogen-bond donors (Lipinski definition) is 1. The van der Waals surface area contributed by atoms with E-state index in [0.717, 1.165) is 18.4 Å². The number of nitrogens with zero attached hydrogens (tertiary/aromatic N) is 3. The fraction of sp³-hybridized carbons (Fsp3) is 0.520. The van der Waals surface area contributed by atoms with Gasteiger partial charge in [0.15, 0.2) is 5.54 Å². The number of amides is 4. The number of urea groups is 1. The lowest BCUT2D eigenvalue weighted by molar-refractivity contribution is -0.137. The van der Waals surface area contributed by atoms with E-state index in [1.54, 1.807) is 29.8 Å². The molecule has 3 fully saturated rings.